The number of alkyl carbamates (subject to hydrolysis) is 1. The number of carbonyl (C=O) groups excluding carboxylic acids is 7. The average Bonchev–Trinajstić information content (AvgIpc) is 1.13. The topological polar surface area (TPSA) is 272 Å². The van der Waals surface area contributed by atoms with E-state index in [0.29, 0.717) is 59.2 Å². The van der Waals surface area contributed by atoms with E-state index in [1.165, 1.54) is 6.92 Å². The summed E-state index contributed by atoms with van der Waals surface area (Å²) in [5.41, 5.74) is 3.02. The molecular weight excluding hydrogens is 1180 g/mol. The van der Waals surface area contributed by atoms with Crippen molar-refractivity contribution in [1.82, 2.24) is 26.6 Å². The van der Waals surface area contributed by atoms with Crippen LogP contribution in [0.2, 0.25) is 5.02 Å². The van der Waals surface area contributed by atoms with Gasteiger partial charge in [-0.1, -0.05) is 139 Å². The summed E-state index contributed by atoms with van der Waals surface area (Å²) >= 11 is 11.9. The van der Waals surface area contributed by atoms with Crippen molar-refractivity contribution in [2.75, 3.05) is 58.7 Å². The molecule has 0 aliphatic carbocycles. The van der Waals surface area contributed by atoms with E-state index in [2.05, 4.69) is 26.6 Å². The van der Waals surface area contributed by atoms with Crippen molar-refractivity contribution in [3.8, 4) is 0 Å². The van der Waals surface area contributed by atoms with Crippen molar-refractivity contribution in [3.05, 3.63) is 178 Å². The predicted molar refractivity (Wildman–Crippen MR) is 321 cm³/mol. The highest BCUT2D eigenvalue weighted by Gasteiger charge is 2.52. The first-order valence-corrected chi connectivity index (χ1v) is 30.0. The number of ether oxygens (including phenoxy) is 10. The molecule has 22 nitrogen and oxygen atoms in total. The van der Waals surface area contributed by atoms with Crippen LogP contribution in [0.5, 0.6) is 0 Å². The van der Waals surface area contributed by atoms with Crippen molar-refractivity contribution in [3.63, 3.8) is 0 Å². The summed E-state index contributed by atoms with van der Waals surface area (Å²) in [6.07, 6.45) is -5.71. The van der Waals surface area contributed by atoms with E-state index in [1.807, 2.05) is 36.4 Å². The van der Waals surface area contributed by atoms with Gasteiger partial charge in [-0.05, 0) is 61.9 Å². The molecule has 7 rings (SSSR count). The van der Waals surface area contributed by atoms with Crippen molar-refractivity contribution in [2.24, 2.45) is 0 Å². The van der Waals surface area contributed by atoms with Gasteiger partial charge in [0.1, 0.15) is 68.9 Å². The highest BCUT2D eigenvalue weighted by atomic mass is 35.5. The number of fused-ring (bicyclic) bond motifs is 1. The standard InChI is InChI=1S/C64H75Cl2N5O17/c1-43(60(76)83-38-44-18-6-2-7-19-44)68-59(75)50(28-16-17-32-67-64(78)86-40-48-26-14-15-27-49(48)66)69-53(72)30-29-51(61(77)84-39-45-20-8-3-9-21-45)70-54(73)42-82-57-55(71-58(74)46-22-10-4-11-23-46)63(81-37-36-80-35-34-79-33-31-65)87-52-41-85-62(88-56(52)57)47-24-12-5-13-25-47/h2-15,18-27,43,50-52,55-57,62-63H,16-17,28-42H2,1H3,(H,67,78)(H,68,75)(H,69,72)(H,70,73)(H,71,74)/t43-,50-,51-,52+,55+,56+,57+,62?,63+/m0/s1. The fraction of sp³-hybridized carbons (Fsp3) is 0.422. The zero-order valence-corrected chi connectivity index (χ0v) is 50.3. The van der Waals surface area contributed by atoms with Crippen LogP contribution in [-0.4, -0.2) is 149 Å². The Balaban J connectivity index is 1.04. The van der Waals surface area contributed by atoms with E-state index in [0.717, 1.165) is 5.56 Å². The van der Waals surface area contributed by atoms with Crippen LogP contribution < -0.4 is 26.6 Å². The maximum absolute atomic E-state index is 14.3. The van der Waals surface area contributed by atoms with Crippen LogP contribution in [0, 0.1) is 0 Å². The second-order valence-electron chi connectivity index (χ2n) is 20.4. The predicted octanol–water partition coefficient (Wildman–Crippen LogP) is 6.79. The lowest BCUT2D eigenvalue weighted by atomic mass is 9.95. The Morgan fingerprint density at radius 1 is 0.614 bits per heavy atom. The van der Waals surface area contributed by atoms with Gasteiger partial charge >= 0.3 is 18.0 Å². The molecule has 0 aromatic heterocycles. The molecule has 472 valence electrons. The molecule has 5 N–H and O–H groups in total. The van der Waals surface area contributed by atoms with Crippen LogP contribution in [0.25, 0.3) is 0 Å². The molecule has 24 heteroatoms. The summed E-state index contributed by atoms with van der Waals surface area (Å²) in [5.74, 6) is -3.94. The molecule has 5 amide bonds. The smallest absolute Gasteiger partial charge is 0.407 e. The molecule has 2 aliphatic rings. The largest absolute Gasteiger partial charge is 0.459 e. The van der Waals surface area contributed by atoms with Crippen molar-refractivity contribution < 1.29 is 80.9 Å². The summed E-state index contributed by atoms with van der Waals surface area (Å²) < 4.78 is 59.4. The van der Waals surface area contributed by atoms with E-state index >= 15 is 0 Å². The van der Waals surface area contributed by atoms with E-state index in [1.54, 1.807) is 109 Å². The molecule has 5 aromatic rings. The molecule has 2 aliphatic heterocycles. The number of carbonyl (C=O) groups is 7. The third-order valence-corrected chi connectivity index (χ3v) is 14.4. The number of alkyl halides is 1. The molecule has 0 spiro atoms. The summed E-state index contributed by atoms with van der Waals surface area (Å²) in [6, 6.07) is 37.5. The van der Waals surface area contributed by atoms with Gasteiger partial charge < -0.3 is 74.0 Å². The van der Waals surface area contributed by atoms with E-state index < -0.39 is 110 Å². The van der Waals surface area contributed by atoms with Gasteiger partial charge in [0.05, 0.1) is 39.6 Å². The van der Waals surface area contributed by atoms with Gasteiger partial charge in [0, 0.05) is 40.6 Å². The fourth-order valence-corrected chi connectivity index (χ4v) is 9.57. The number of hydrogen-bond donors (Lipinski definition) is 5. The van der Waals surface area contributed by atoms with Crippen LogP contribution in [0.1, 0.15) is 77.9 Å². The van der Waals surface area contributed by atoms with Gasteiger partial charge in [0.2, 0.25) is 17.7 Å². The average molecular weight is 1260 g/mol. The zero-order chi connectivity index (χ0) is 62.3. The van der Waals surface area contributed by atoms with Crippen LogP contribution >= 0.6 is 23.2 Å². The van der Waals surface area contributed by atoms with Gasteiger partial charge in [-0.15, -0.1) is 11.6 Å². The first-order chi connectivity index (χ1) is 42.8. The normalized spacial score (nSPS) is 18.9. The van der Waals surface area contributed by atoms with Crippen molar-refractivity contribution in [1.29, 1.82) is 0 Å². The van der Waals surface area contributed by atoms with Gasteiger partial charge in [0.25, 0.3) is 5.91 Å². The van der Waals surface area contributed by atoms with Crippen LogP contribution in [0.4, 0.5) is 4.79 Å². The van der Waals surface area contributed by atoms with E-state index in [-0.39, 0.29) is 65.6 Å². The molecule has 2 heterocycles. The van der Waals surface area contributed by atoms with Crippen molar-refractivity contribution in [2.45, 2.75) is 114 Å². The number of rotatable bonds is 35. The Morgan fingerprint density at radius 2 is 1.23 bits per heavy atom. The van der Waals surface area contributed by atoms with Crippen molar-refractivity contribution >= 4 is 64.9 Å². The number of amides is 5. The minimum absolute atomic E-state index is 0.00370. The summed E-state index contributed by atoms with van der Waals surface area (Å²) in [4.78, 5) is 95.8. The van der Waals surface area contributed by atoms with E-state index in [9.17, 15) is 33.6 Å². The number of nitrogens with one attached hydrogen (secondary N) is 5. The minimum Gasteiger partial charge on any atom is -0.459 e. The molecule has 5 aromatic carbocycles. The lowest BCUT2D eigenvalue weighted by molar-refractivity contribution is -0.348. The number of benzene rings is 5. The molecule has 1 unspecified atom stereocenters. The number of esters is 2. The van der Waals surface area contributed by atoms with Gasteiger partial charge in [-0.2, -0.15) is 0 Å². The Morgan fingerprint density at radius 3 is 1.91 bits per heavy atom. The zero-order valence-electron chi connectivity index (χ0n) is 48.8. The molecule has 2 saturated heterocycles. The summed E-state index contributed by atoms with van der Waals surface area (Å²) in [7, 11) is 0. The first-order valence-electron chi connectivity index (χ1n) is 29.1. The molecule has 0 radical (unpaired) electrons. The van der Waals surface area contributed by atoms with Gasteiger partial charge in [-0.25, -0.2) is 14.4 Å². The second kappa shape index (κ2) is 37.4. The maximum Gasteiger partial charge on any atom is 0.407 e. The summed E-state index contributed by atoms with van der Waals surface area (Å²) in [5, 5.41) is 14.2. The molecule has 9 atom stereocenters. The Hall–Kier alpha value is -7.51. The fourth-order valence-electron chi connectivity index (χ4n) is 9.27. The highest BCUT2D eigenvalue weighted by molar-refractivity contribution is 6.31. The quantitative estimate of drug-likeness (QED) is 0.0121. The monoisotopic (exact) mass is 1260 g/mol. The molecule has 0 saturated carbocycles. The first kappa shape index (κ1) is 68.0. The molecule has 88 heavy (non-hydrogen) atoms. The van der Waals surface area contributed by atoms with E-state index in [4.69, 9.17) is 70.6 Å². The van der Waals surface area contributed by atoms with Gasteiger partial charge in [0.15, 0.2) is 12.6 Å². The lowest BCUT2D eigenvalue weighted by Crippen LogP contribution is -2.67. The lowest BCUT2D eigenvalue weighted by Gasteiger charge is -2.49. The molecule has 2 fully saturated rings. The molecular formula is C64H75Cl2N5O17. The third-order valence-electron chi connectivity index (χ3n) is 13.9. The Bertz CT molecular complexity index is 2960. The Kier molecular flexibility index (Phi) is 28.9. The molecule has 0 bridgehead atoms. The SMILES string of the molecule is C[C@H](NC(=O)[C@H](CCCCNC(=O)OCc1ccccc1Cl)NC(=O)CC[C@H](NC(=O)CO[C@@H]1[C@@H](NC(=O)c2ccccc2)[C@H](OCCOCCOCCCl)O[C@@H]2COC(c3ccccc3)O[C@@H]12)C(=O)OCc1ccccc1)C(=O)OCc1ccccc1. The van der Waals surface area contributed by atoms with Crippen LogP contribution in [0.3, 0.4) is 0 Å². The number of halogens is 2. The second-order valence-corrected chi connectivity index (χ2v) is 21.2. The third kappa shape index (κ3) is 22.9. The minimum atomic E-state index is -1.43. The number of unbranched alkanes of at least 4 members (excludes halogenated alkanes) is 1. The Labute approximate surface area is 521 Å². The maximum atomic E-state index is 14.3. The number of hydrogen-bond acceptors (Lipinski definition) is 17. The van der Waals surface area contributed by atoms with Crippen LogP contribution in [-0.2, 0) is 91.2 Å². The van der Waals surface area contributed by atoms with Gasteiger partial charge in [-0.3, -0.25) is 19.2 Å². The highest BCUT2D eigenvalue weighted by Crippen LogP contribution is 2.36. The summed E-state index contributed by atoms with van der Waals surface area (Å²) in [6.45, 7) is 1.73. The van der Waals surface area contributed by atoms with Crippen LogP contribution in [0.15, 0.2) is 146 Å².